The van der Waals surface area contributed by atoms with Crippen LogP contribution in [0.4, 0.5) is 5.69 Å². The molecule has 1 fully saturated rings. The summed E-state index contributed by atoms with van der Waals surface area (Å²) in [6.45, 7) is 1.07. The number of anilines is 1. The zero-order valence-corrected chi connectivity index (χ0v) is 11.2. The first-order valence-corrected chi connectivity index (χ1v) is 6.61. The minimum atomic E-state index is -0.284. The second-order valence-corrected chi connectivity index (χ2v) is 4.92. The second kappa shape index (κ2) is 6.27. The number of piperidine rings is 1. The maximum atomic E-state index is 12.0. The van der Waals surface area contributed by atoms with E-state index >= 15 is 0 Å². The molecule has 1 aromatic rings. The Balaban J connectivity index is 1.80. The zero-order valence-electron chi connectivity index (χ0n) is 11.2. The van der Waals surface area contributed by atoms with E-state index in [0.29, 0.717) is 37.4 Å². The standard InChI is InChI=1S/C14H19N3O3/c15-11-2-1-3-12(8-11)20-9-13(18)17-6-4-10(5-7-17)14(16)19/h1-3,8,10H,4-7,9,15H2,(H2,16,19). The molecule has 1 aliphatic heterocycles. The van der Waals surface area contributed by atoms with Crippen LogP contribution in [0.2, 0.25) is 0 Å². The van der Waals surface area contributed by atoms with Gasteiger partial charge in [0, 0.05) is 30.8 Å². The molecule has 0 radical (unpaired) electrons. The van der Waals surface area contributed by atoms with E-state index < -0.39 is 0 Å². The first kappa shape index (κ1) is 14.2. The number of nitrogens with two attached hydrogens (primary N) is 2. The molecule has 0 aliphatic carbocycles. The van der Waals surface area contributed by atoms with Crippen molar-refractivity contribution in [3.05, 3.63) is 24.3 Å². The normalized spacial score (nSPS) is 15.9. The maximum absolute atomic E-state index is 12.0. The van der Waals surface area contributed by atoms with Crippen LogP contribution in [0.15, 0.2) is 24.3 Å². The zero-order chi connectivity index (χ0) is 14.5. The fourth-order valence-electron chi connectivity index (χ4n) is 2.25. The van der Waals surface area contributed by atoms with Crippen LogP contribution in [0.3, 0.4) is 0 Å². The van der Waals surface area contributed by atoms with Crippen LogP contribution < -0.4 is 16.2 Å². The van der Waals surface area contributed by atoms with Crippen molar-refractivity contribution in [2.45, 2.75) is 12.8 Å². The molecule has 0 unspecified atom stereocenters. The lowest BCUT2D eigenvalue weighted by Gasteiger charge is -2.30. The molecule has 6 nitrogen and oxygen atoms in total. The molecule has 2 rings (SSSR count). The van der Waals surface area contributed by atoms with Gasteiger partial charge >= 0.3 is 0 Å². The SMILES string of the molecule is NC(=O)C1CCN(C(=O)COc2cccc(N)c2)CC1. The van der Waals surface area contributed by atoms with Crippen LogP contribution in [0.1, 0.15) is 12.8 Å². The highest BCUT2D eigenvalue weighted by atomic mass is 16.5. The minimum Gasteiger partial charge on any atom is -0.484 e. The molecule has 0 aromatic heterocycles. The number of carbonyl (C=O) groups excluding carboxylic acids is 2. The number of carbonyl (C=O) groups is 2. The average Bonchev–Trinajstić information content (AvgIpc) is 2.45. The number of hydrogen-bond donors (Lipinski definition) is 2. The Morgan fingerprint density at radius 2 is 2.00 bits per heavy atom. The van der Waals surface area contributed by atoms with Crippen molar-refractivity contribution >= 4 is 17.5 Å². The third-order valence-corrected chi connectivity index (χ3v) is 3.47. The summed E-state index contributed by atoms with van der Waals surface area (Å²) in [7, 11) is 0. The molecule has 0 saturated carbocycles. The van der Waals surface area contributed by atoms with Gasteiger partial charge in [0.25, 0.3) is 5.91 Å². The fraction of sp³-hybridized carbons (Fsp3) is 0.429. The van der Waals surface area contributed by atoms with Crippen LogP contribution in [0.25, 0.3) is 0 Å². The Labute approximate surface area is 117 Å². The molecule has 2 amide bonds. The molecule has 0 spiro atoms. The molecule has 1 aromatic carbocycles. The van der Waals surface area contributed by atoms with Crippen LogP contribution in [0.5, 0.6) is 5.75 Å². The topological polar surface area (TPSA) is 98.7 Å². The molecular weight excluding hydrogens is 258 g/mol. The molecule has 1 saturated heterocycles. The first-order valence-electron chi connectivity index (χ1n) is 6.61. The quantitative estimate of drug-likeness (QED) is 0.777. The molecule has 1 heterocycles. The van der Waals surface area contributed by atoms with Gasteiger partial charge in [-0.15, -0.1) is 0 Å². The maximum Gasteiger partial charge on any atom is 0.260 e. The molecule has 1 aliphatic rings. The fourth-order valence-corrected chi connectivity index (χ4v) is 2.25. The molecule has 0 bridgehead atoms. The number of nitrogens with zero attached hydrogens (tertiary/aromatic N) is 1. The lowest BCUT2D eigenvalue weighted by atomic mass is 9.96. The lowest BCUT2D eigenvalue weighted by Crippen LogP contribution is -2.43. The Kier molecular flexibility index (Phi) is 4.45. The number of rotatable bonds is 4. The number of likely N-dealkylation sites (tertiary alicyclic amines) is 1. The van der Waals surface area contributed by atoms with E-state index in [1.807, 2.05) is 0 Å². The Bertz CT molecular complexity index is 496. The smallest absolute Gasteiger partial charge is 0.260 e. The van der Waals surface area contributed by atoms with Crippen molar-refractivity contribution in [3.63, 3.8) is 0 Å². The van der Waals surface area contributed by atoms with Gasteiger partial charge in [0.1, 0.15) is 5.75 Å². The summed E-state index contributed by atoms with van der Waals surface area (Å²) in [5.74, 6) is 0.0858. The predicted molar refractivity (Wildman–Crippen MR) is 74.8 cm³/mol. The van der Waals surface area contributed by atoms with Gasteiger partial charge in [-0.2, -0.15) is 0 Å². The minimum absolute atomic E-state index is 0.0231. The van der Waals surface area contributed by atoms with Gasteiger partial charge in [0.05, 0.1) is 0 Å². The molecular formula is C14H19N3O3. The first-order chi connectivity index (χ1) is 9.56. The highest BCUT2D eigenvalue weighted by molar-refractivity contribution is 5.79. The number of amides is 2. The summed E-state index contributed by atoms with van der Waals surface area (Å²) in [6, 6.07) is 6.95. The van der Waals surface area contributed by atoms with E-state index in [1.165, 1.54) is 0 Å². The van der Waals surface area contributed by atoms with Crippen LogP contribution >= 0.6 is 0 Å². The van der Waals surface area contributed by atoms with Crippen molar-refractivity contribution < 1.29 is 14.3 Å². The van der Waals surface area contributed by atoms with Crippen LogP contribution in [-0.4, -0.2) is 36.4 Å². The summed E-state index contributed by atoms with van der Waals surface area (Å²) in [4.78, 5) is 24.7. The van der Waals surface area contributed by atoms with E-state index in [0.717, 1.165) is 0 Å². The highest BCUT2D eigenvalue weighted by Gasteiger charge is 2.25. The average molecular weight is 277 g/mol. The molecule has 6 heteroatoms. The summed E-state index contributed by atoms with van der Waals surface area (Å²) in [5, 5.41) is 0. The van der Waals surface area contributed by atoms with Crippen molar-refractivity contribution in [3.8, 4) is 5.75 Å². The van der Waals surface area contributed by atoms with Gasteiger partial charge < -0.3 is 21.1 Å². The number of ether oxygens (including phenoxy) is 1. The summed E-state index contributed by atoms with van der Waals surface area (Å²) >= 11 is 0. The van der Waals surface area contributed by atoms with Gasteiger partial charge in [0.15, 0.2) is 6.61 Å². The summed E-state index contributed by atoms with van der Waals surface area (Å²) in [5.41, 5.74) is 11.5. The van der Waals surface area contributed by atoms with Gasteiger partial charge in [-0.1, -0.05) is 6.07 Å². The number of nitrogen functional groups attached to an aromatic ring is 1. The van der Waals surface area contributed by atoms with Crippen molar-refractivity contribution in [2.24, 2.45) is 11.7 Å². The van der Waals surface area contributed by atoms with Crippen LogP contribution in [0, 0.1) is 5.92 Å². The van der Waals surface area contributed by atoms with Gasteiger partial charge in [-0.05, 0) is 25.0 Å². The number of primary amides is 1. The van der Waals surface area contributed by atoms with Gasteiger partial charge in [-0.3, -0.25) is 9.59 Å². The molecule has 0 atom stereocenters. The van der Waals surface area contributed by atoms with E-state index in [4.69, 9.17) is 16.2 Å². The Hall–Kier alpha value is -2.24. The molecule has 20 heavy (non-hydrogen) atoms. The van der Waals surface area contributed by atoms with E-state index in [-0.39, 0.29) is 24.3 Å². The van der Waals surface area contributed by atoms with Crippen molar-refractivity contribution in [1.29, 1.82) is 0 Å². The predicted octanol–water partition coefficient (Wildman–Crippen LogP) is 0.372. The Morgan fingerprint density at radius 3 is 2.60 bits per heavy atom. The molecule has 4 N–H and O–H groups in total. The van der Waals surface area contributed by atoms with Gasteiger partial charge in [-0.25, -0.2) is 0 Å². The highest BCUT2D eigenvalue weighted by Crippen LogP contribution is 2.18. The number of benzene rings is 1. The van der Waals surface area contributed by atoms with E-state index in [1.54, 1.807) is 29.2 Å². The van der Waals surface area contributed by atoms with E-state index in [9.17, 15) is 9.59 Å². The summed E-state index contributed by atoms with van der Waals surface area (Å²) < 4.78 is 5.41. The third-order valence-electron chi connectivity index (χ3n) is 3.47. The second-order valence-electron chi connectivity index (χ2n) is 4.92. The van der Waals surface area contributed by atoms with Crippen LogP contribution in [-0.2, 0) is 9.59 Å². The van der Waals surface area contributed by atoms with Crippen molar-refractivity contribution in [2.75, 3.05) is 25.4 Å². The number of hydrogen-bond acceptors (Lipinski definition) is 4. The van der Waals surface area contributed by atoms with E-state index in [2.05, 4.69) is 0 Å². The third kappa shape index (κ3) is 3.63. The Morgan fingerprint density at radius 1 is 1.30 bits per heavy atom. The van der Waals surface area contributed by atoms with Crippen molar-refractivity contribution in [1.82, 2.24) is 4.90 Å². The lowest BCUT2D eigenvalue weighted by molar-refractivity contribution is -0.136. The summed E-state index contributed by atoms with van der Waals surface area (Å²) in [6.07, 6.45) is 1.25. The largest absolute Gasteiger partial charge is 0.484 e. The monoisotopic (exact) mass is 277 g/mol. The van der Waals surface area contributed by atoms with Gasteiger partial charge in [0.2, 0.25) is 5.91 Å². The molecule has 108 valence electrons.